The van der Waals surface area contributed by atoms with Crippen LogP contribution in [0.5, 0.6) is 5.75 Å². The molecule has 0 heterocycles. The van der Waals surface area contributed by atoms with E-state index in [9.17, 15) is 0 Å². The van der Waals surface area contributed by atoms with E-state index < -0.39 is 0 Å². The van der Waals surface area contributed by atoms with E-state index in [-0.39, 0.29) is 0 Å². The Balaban J connectivity index is 1.94. The molecule has 0 aromatic heterocycles. The molecule has 0 amide bonds. The summed E-state index contributed by atoms with van der Waals surface area (Å²) in [6.45, 7) is 0. The van der Waals surface area contributed by atoms with Gasteiger partial charge in [-0.25, -0.2) is 0 Å². The second-order valence-corrected chi connectivity index (χ2v) is 6.92. The maximum absolute atomic E-state index is 6.23. The molecule has 3 heteroatoms. The van der Waals surface area contributed by atoms with Crippen LogP contribution in [0.15, 0.2) is 78.9 Å². The number of ether oxygens (including phenoxy) is 1. The summed E-state index contributed by atoms with van der Waals surface area (Å²) in [6, 6.07) is 26.6. The second kappa shape index (κ2) is 7.03. The molecule has 0 N–H and O–H groups in total. The summed E-state index contributed by atoms with van der Waals surface area (Å²) < 4.78 is 5.28. The van der Waals surface area contributed by atoms with E-state index in [1.54, 1.807) is 7.11 Å². The molecule has 0 radical (unpaired) electrons. The number of methoxy groups -OCH3 is 1. The summed E-state index contributed by atoms with van der Waals surface area (Å²) in [7, 11) is 1.68. The average Bonchev–Trinajstić information content (AvgIpc) is 2.69. The Kier molecular flexibility index (Phi) is 4.58. The normalized spacial score (nSPS) is 10.9. The lowest BCUT2D eigenvalue weighted by atomic mass is 9.93. The highest BCUT2D eigenvalue weighted by molar-refractivity contribution is 6.42. The zero-order valence-corrected chi connectivity index (χ0v) is 15.7. The van der Waals surface area contributed by atoms with Gasteiger partial charge in [0.25, 0.3) is 0 Å². The number of benzene rings is 4. The summed E-state index contributed by atoms with van der Waals surface area (Å²) >= 11 is 12.3. The van der Waals surface area contributed by atoms with Crippen molar-refractivity contribution in [3.05, 3.63) is 88.9 Å². The molecule has 4 aromatic rings. The fourth-order valence-corrected chi connectivity index (χ4v) is 3.46. The molecule has 1 nitrogen and oxygen atoms in total. The van der Waals surface area contributed by atoms with Gasteiger partial charge in [-0.05, 0) is 69.4 Å². The molecule has 0 aliphatic carbocycles. The van der Waals surface area contributed by atoms with Gasteiger partial charge in [0.05, 0.1) is 17.2 Å². The van der Waals surface area contributed by atoms with Crippen LogP contribution in [-0.2, 0) is 0 Å². The molecule has 0 spiro atoms. The summed E-state index contributed by atoms with van der Waals surface area (Å²) in [5.74, 6) is 0.846. The standard InChI is InChI=1S/C23H16Cl2O/c1-26-19-9-6-15(7-10-19)21-13-18(12-17-4-2-3-5-20(17)21)16-8-11-22(24)23(25)14-16/h2-14H,1H3. The number of hydrogen-bond donors (Lipinski definition) is 0. The van der Waals surface area contributed by atoms with Crippen LogP contribution in [0.3, 0.4) is 0 Å². The lowest BCUT2D eigenvalue weighted by Gasteiger charge is -2.12. The van der Waals surface area contributed by atoms with Crippen molar-refractivity contribution in [2.24, 2.45) is 0 Å². The van der Waals surface area contributed by atoms with Gasteiger partial charge in [0, 0.05) is 0 Å². The van der Waals surface area contributed by atoms with Gasteiger partial charge < -0.3 is 4.74 Å². The van der Waals surface area contributed by atoms with Gasteiger partial charge in [-0.3, -0.25) is 0 Å². The first-order chi connectivity index (χ1) is 12.7. The van der Waals surface area contributed by atoms with Crippen molar-refractivity contribution >= 4 is 34.0 Å². The molecule has 0 atom stereocenters. The Morgan fingerprint density at radius 3 is 2.12 bits per heavy atom. The number of fused-ring (bicyclic) bond motifs is 1. The molecular weight excluding hydrogens is 363 g/mol. The first-order valence-electron chi connectivity index (χ1n) is 8.28. The molecule has 4 rings (SSSR count). The van der Waals surface area contributed by atoms with Gasteiger partial charge in [-0.15, -0.1) is 0 Å². The van der Waals surface area contributed by atoms with Crippen molar-refractivity contribution in [3.63, 3.8) is 0 Å². The largest absolute Gasteiger partial charge is 0.497 e. The van der Waals surface area contributed by atoms with Crippen LogP contribution in [0.25, 0.3) is 33.0 Å². The minimum atomic E-state index is 0.559. The molecule has 26 heavy (non-hydrogen) atoms. The minimum Gasteiger partial charge on any atom is -0.497 e. The van der Waals surface area contributed by atoms with E-state index in [0.29, 0.717) is 10.0 Å². The van der Waals surface area contributed by atoms with E-state index in [1.165, 1.54) is 16.3 Å². The number of hydrogen-bond acceptors (Lipinski definition) is 1. The Bertz CT molecular complexity index is 1090. The predicted molar refractivity (Wildman–Crippen MR) is 111 cm³/mol. The van der Waals surface area contributed by atoms with Crippen LogP contribution in [0.4, 0.5) is 0 Å². The number of halogens is 2. The topological polar surface area (TPSA) is 9.23 Å². The highest BCUT2D eigenvalue weighted by atomic mass is 35.5. The maximum Gasteiger partial charge on any atom is 0.118 e. The SMILES string of the molecule is COc1ccc(-c2cc(-c3ccc(Cl)c(Cl)c3)cc3ccccc23)cc1. The van der Waals surface area contributed by atoms with Gasteiger partial charge in [0.1, 0.15) is 5.75 Å². The zero-order chi connectivity index (χ0) is 18.1. The predicted octanol–water partition coefficient (Wildman–Crippen LogP) is 7.49. The van der Waals surface area contributed by atoms with Gasteiger partial charge in [-0.1, -0.05) is 65.7 Å². The minimum absolute atomic E-state index is 0.559. The van der Waals surface area contributed by atoms with Crippen LogP contribution in [0.1, 0.15) is 0 Å². The zero-order valence-electron chi connectivity index (χ0n) is 14.2. The molecule has 128 valence electrons. The van der Waals surface area contributed by atoms with Crippen molar-refractivity contribution < 1.29 is 4.74 Å². The quantitative estimate of drug-likeness (QED) is 0.358. The van der Waals surface area contributed by atoms with E-state index in [2.05, 4.69) is 48.5 Å². The van der Waals surface area contributed by atoms with Crippen LogP contribution >= 0.6 is 23.2 Å². The molecule has 0 fully saturated rings. The van der Waals surface area contributed by atoms with Crippen molar-refractivity contribution in [1.29, 1.82) is 0 Å². The number of rotatable bonds is 3. The first-order valence-corrected chi connectivity index (χ1v) is 9.04. The fraction of sp³-hybridized carbons (Fsp3) is 0.0435. The third-order valence-electron chi connectivity index (χ3n) is 4.52. The molecule has 0 aliphatic heterocycles. The van der Waals surface area contributed by atoms with E-state index in [1.807, 2.05) is 30.3 Å². The molecule has 0 unspecified atom stereocenters. The highest BCUT2D eigenvalue weighted by Crippen LogP contribution is 2.36. The second-order valence-electron chi connectivity index (χ2n) is 6.10. The average molecular weight is 379 g/mol. The van der Waals surface area contributed by atoms with Gasteiger partial charge in [0.15, 0.2) is 0 Å². The molecule has 0 bridgehead atoms. The summed E-state index contributed by atoms with van der Waals surface area (Å²) in [5.41, 5.74) is 4.46. The third-order valence-corrected chi connectivity index (χ3v) is 5.25. The van der Waals surface area contributed by atoms with Crippen LogP contribution in [-0.4, -0.2) is 7.11 Å². The third kappa shape index (κ3) is 3.16. The summed E-state index contributed by atoms with van der Waals surface area (Å²) in [6.07, 6.45) is 0. The van der Waals surface area contributed by atoms with Crippen molar-refractivity contribution in [1.82, 2.24) is 0 Å². The van der Waals surface area contributed by atoms with Crippen LogP contribution < -0.4 is 4.74 Å². The molecule has 0 saturated carbocycles. The fourth-order valence-electron chi connectivity index (χ4n) is 3.16. The van der Waals surface area contributed by atoms with Crippen LogP contribution in [0.2, 0.25) is 10.0 Å². The molecule has 0 saturated heterocycles. The van der Waals surface area contributed by atoms with Crippen molar-refractivity contribution in [2.45, 2.75) is 0 Å². The Hall–Kier alpha value is -2.48. The lowest BCUT2D eigenvalue weighted by Crippen LogP contribution is -1.87. The Morgan fingerprint density at radius 2 is 1.38 bits per heavy atom. The first kappa shape index (κ1) is 17.0. The summed E-state index contributed by atoms with van der Waals surface area (Å²) in [5, 5.41) is 3.51. The molecule has 0 aliphatic rings. The monoisotopic (exact) mass is 378 g/mol. The van der Waals surface area contributed by atoms with E-state index >= 15 is 0 Å². The van der Waals surface area contributed by atoms with Crippen molar-refractivity contribution in [3.8, 4) is 28.0 Å². The van der Waals surface area contributed by atoms with Gasteiger partial charge >= 0.3 is 0 Å². The van der Waals surface area contributed by atoms with Crippen LogP contribution in [0, 0.1) is 0 Å². The molecular formula is C23H16Cl2O. The Labute approximate surface area is 162 Å². The van der Waals surface area contributed by atoms with E-state index in [4.69, 9.17) is 27.9 Å². The maximum atomic E-state index is 6.23. The summed E-state index contributed by atoms with van der Waals surface area (Å²) in [4.78, 5) is 0. The smallest absolute Gasteiger partial charge is 0.118 e. The highest BCUT2D eigenvalue weighted by Gasteiger charge is 2.09. The van der Waals surface area contributed by atoms with E-state index in [0.717, 1.165) is 22.4 Å². The Morgan fingerprint density at radius 1 is 0.654 bits per heavy atom. The van der Waals surface area contributed by atoms with Gasteiger partial charge in [0.2, 0.25) is 0 Å². The van der Waals surface area contributed by atoms with Crippen molar-refractivity contribution in [2.75, 3.05) is 7.11 Å². The van der Waals surface area contributed by atoms with Gasteiger partial charge in [-0.2, -0.15) is 0 Å². The lowest BCUT2D eigenvalue weighted by molar-refractivity contribution is 0.415. The molecule has 4 aromatic carbocycles.